The van der Waals surface area contributed by atoms with Crippen molar-refractivity contribution in [3.63, 3.8) is 0 Å². The fourth-order valence-electron chi connectivity index (χ4n) is 4.09. The first kappa shape index (κ1) is 33.0. The molecule has 0 spiro atoms. The molecule has 1 aromatic carbocycles. The highest BCUT2D eigenvalue weighted by Gasteiger charge is 2.25. The van der Waals surface area contributed by atoms with E-state index in [0.717, 1.165) is 29.1 Å². The molecule has 0 saturated carbocycles. The second-order valence-electron chi connectivity index (χ2n) is 8.63. The monoisotopic (exact) mass is 553 g/mol. The van der Waals surface area contributed by atoms with Gasteiger partial charge in [-0.2, -0.15) is 0 Å². The van der Waals surface area contributed by atoms with Gasteiger partial charge in [-0.3, -0.25) is 0 Å². The van der Waals surface area contributed by atoms with E-state index >= 15 is 0 Å². The molecule has 0 aliphatic heterocycles. The summed E-state index contributed by atoms with van der Waals surface area (Å²) in [6.45, 7) is 13.9. The molecule has 1 heterocycles. The summed E-state index contributed by atoms with van der Waals surface area (Å²) >= 11 is 7.41. The molecule has 0 bridgehead atoms. The Morgan fingerprint density at radius 1 is 1.24 bits per heavy atom. The van der Waals surface area contributed by atoms with Crippen LogP contribution in [0.4, 0.5) is 14.9 Å². The first-order chi connectivity index (χ1) is 17.8. The highest BCUT2D eigenvalue weighted by atomic mass is 35.5. The number of anilines is 1. The lowest BCUT2D eigenvalue weighted by molar-refractivity contribution is 0.187. The number of halogens is 2. The molecule has 6 nitrogen and oxygen atoms in total. The van der Waals surface area contributed by atoms with Gasteiger partial charge in [0.05, 0.1) is 9.90 Å². The molecule has 2 amide bonds. The topological polar surface area (TPSA) is 74.5 Å². The number of carbonyl (C=O) groups excluding carboxylic acids is 1. The molecule has 0 saturated heterocycles. The van der Waals surface area contributed by atoms with Gasteiger partial charge in [0.15, 0.2) is 0 Å². The normalized spacial score (nSPS) is 14.6. The number of hydrogen-bond donors (Lipinski definition) is 2. The summed E-state index contributed by atoms with van der Waals surface area (Å²) in [5.74, 6) is -0.507. The average molecular weight is 554 g/mol. The van der Waals surface area contributed by atoms with E-state index in [4.69, 9.17) is 17.3 Å². The number of allylic oxidation sites excluding steroid dienone is 1. The lowest BCUT2D eigenvalue weighted by Crippen LogP contribution is -2.43. The van der Waals surface area contributed by atoms with Crippen molar-refractivity contribution in [3.05, 3.63) is 51.2 Å². The Morgan fingerprint density at radius 2 is 1.92 bits per heavy atom. The minimum absolute atomic E-state index is 0.0116. The van der Waals surface area contributed by atoms with Gasteiger partial charge >= 0.3 is 6.03 Å². The van der Waals surface area contributed by atoms with Gasteiger partial charge in [0.25, 0.3) is 0 Å². The van der Waals surface area contributed by atoms with E-state index < -0.39 is 5.82 Å². The zero-order chi connectivity index (χ0) is 27.8. The van der Waals surface area contributed by atoms with Crippen LogP contribution in [0, 0.1) is 5.82 Å². The van der Waals surface area contributed by atoms with Crippen molar-refractivity contribution < 1.29 is 9.18 Å². The minimum Gasteiger partial charge on any atom is -0.325 e. The van der Waals surface area contributed by atoms with E-state index in [1.165, 1.54) is 49.7 Å². The van der Waals surface area contributed by atoms with E-state index in [1.54, 1.807) is 11.3 Å². The van der Waals surface area contributed by atoms with E-state index in [0.29, 0.717) is 18.8 Å². The number of nitrogens with one attached hydrogen (secondary N) is 1. The molecule has 9 heteroatoms. The first-order valence-electron chi connectivity index (χ1n) is 13.4. The largest absolute Gasteiger partial charge is 0.325 e. The fourth-order valence-corrected chi connectivity index (χ4v) is 5.14. The predicted molar refractivity (Wildman–Crippen MR) is 158 cm³/mol. The van der Waals surface area contributed by atoms with Gasteiger partial charge in [0.2, 0.25) is 0 Å². The van der Waals surface area contributed by atoms with Crippen molar-refractivity contribution in [2.24, 2.45) is 5.73 Å². The van der Waals surface area contributed by atoms with Crippen molar-refractivity contribution in [1.82, 2.24) is 14.8 Å². The average Bonchev–Trinajstić information content (AvgIpc) is 3.39. The summed E-state index contributed by atoms with van der Waals surface area (Å²) in [7, 11) is 2.17. The molecule has 3 rings (SSSR count). The molecule has 2 aromatic rings. The minimum atomic E-state index is -0.507. The molecule has 208 valence electrons. The van der Waals surface area contributed by atoms with Gasteiger partial charge in [-0.25, -0.2) is 14.2 Å². The summed E-state index contributed by atoms with van der Waals surface area (Å²) in [4.78, 5) is 22.3. The van der Waals surface area contributed by atoms with Crippen LogP contribution < -0.4 is 11.1 Å². The molecule has 0 fully saturated rings. The third-order valence-corrected chi connectivity index (χ3v) is 7.24. The number of urea groups is 1. The van der Waals surface area contributed by atoms with Gasteiger partial charge in [-0.1, -0.05) is 45.4 Å². The molecule has 1 aliphatic carbocycles. The summed E-state index contributed by atoms with van der Waals surface area (Å²) in [6.07, 6.45) is 9.17. The van der Waals surface area contributed by atoms with Crippen LogP contribution in [-0.2, 0) is 6.54 Å². The number of benzene rings is 1. The number of aromatic nitrogens is 1. The van der Waals surface area contributed by atoms with E-state index in [-0.39, 0.29) is 17.1 Å². The highest BCUT2D eigenvalue weighted by Crippen LogP contribution is 2.32. The summed E-state index contributed by atoms with van der Waals surface area (Å²) in [6, 6.07) is 4.08. The number of rotatable bonds is 9. The second kappa shape index (κ2) is 18.3. The van der Waals surface area contributed by atoms with Gasteiger partial charge in [0.1, 0.15) is 10.8 Å². The van der Waals surface area contributed by atoms with Crippen LogP contribution in [0.5, 0.6) is 0 Å². The van der Waals surface area contributed by atoms with Crippen LogP contribution in [0.1, 0.15) is 76.6 Å². The van der Waals surface area contributed by atoms with Crippen molar-refractivity contribution in [2.75, 3.05) is 32.0 Å². The van der Waals surface area contributed by atoms with Crippen LogP contribution in [0.25, 0.3) is 5.57 Å². The first-order valence-corrected chi connectivity index (χ1v) is 14.6. The van der Waals surface area contributed by atoms with Gasteiger partial charge < -0.3 is 20.9 Å². The van der Waals surface area contributed by atoms with Gasteiger partial charge in [0, 0.05) is 31.0 Å². The summed E-state index contributed by atoms with van der Waals surface area (Å²) < 4.78 is 13.3. The molecule has 1 aliphatic rings. The molecule has 1 atom stereocenters. The number of amides is 2. The maximum Gasteiger partial charge on any atom is 0.322 e. The van der Waals surface area contributed by atoms with E-state index in [2.05, 4.69) is 42.2 Å². The molecule has 3 N–H and O–H groups in total. The van der Waals surface area contributed by atoms with E-state index in [9.17, 15) is 9.18 Å². The van der Waals surface area contributed by atoms with Crippen LogP contribution in [0.15, 0.2) is 30.5 Å². The highest BCUT2D eigenvalue weighted by molar-refractivity contribution is 7.12. The van der Waals surface area contributed by atoms with Crippen LogP contribution >= 0.6 is 22.9 Å². The van der Waals surface area contributed by atoms with Crippen LogP contribution in [0.2, 0.25) is 5.02 Å². The van der Waals surface area contributed by atoms with Gasteiger partial charge in [-0.05, 0) is 82.9 Å². The SMILES string of the molecule is CC.CCCN(C)CCC.CCN(C(=O)Nc1ccc(F)c(Cl)c1)C1CC=C(c2cnc(CN)s2)CC1. The quantitative estimate of drug-likeness (QED) is 0.334. The molecule has 1 unspecified atom stereocenters. The fraction of sp³-hybridized carbons (Fsp3) is 0.571. The zero-order valence-electron chi connectivity index (χ0n) is 23.3. The molecular formula is C28H45ClFN5OS. The Kier molecular flexibility index (Phi) is 16.3. The summed E-state index contributed by atoms with van der Waals surface area (Å²) in [5, 5.41) is 3.72. The molecular weight excluding hydrogens is 509 g/mol. The molecule has 1 aromatic heterocycles. The molecule has 37 heavy (non-hydrogen) atoms. The zero-order valence-corrected chi connectivity index (χ0v) is 24.9. The Balaban J connectivity index is 0.000000586. The van der Waals surface area contributed by atoms with Crippen LogP contribution in [-0.4, -0.2) is 53.5 Å². The second-order valence-corrected chi connectivity index (χ2v) is 10.2. The molecule has 0 radical (unpaired) electrons. The third-order valence-electron chi connectivity index (χ3n) is 5.85. The number of carbonyl (C=O) groups is 1. The lowest BCUT2D eigenvalue weighted by Gasteiger charge is -2.33. The number of hydrogen-bond acceptors (Lipinski definition) is 5. The summed E-state index contributed by atoms with van der Waals surface area (Å²) in [5.41, 5.74) is 7.39. The van der Waals surface area contributed by atoms with Gasteiger partial charge in [-0.15, -0.1) is 11.3 Å². The third kappa shape index (κ3) is 11.1. The predicted octanol–water partition coefficient (Wildman–Crippen LogP) is 7.65. The number of nitrogens with two attached hydrogens (primary N) is 1. The van der Waals surface area contributed by atoms with Crippen molar-refractivity contribution >= 4 is 40.2 Å². The Morgan fingerprint density at radius 3 is 2.41 bits per heavy atom. The lowest BCUT2D eigenvalue weighted by atomic mass is 9.93. The van der Waals surface area contributed by atoms with Crippen LogP contribution in [0.3, 0.4) is 0 Å². The maximum absolute atomic E-state index is 13.3. The number of nitrogens with zero attached hydrogens (tertiary/aromatic N) is 3. The Bertz CT molecular complexity index is 962. The smallest absolute Gasteiger partial charge is 0.322 e. The number of thiazole rings is 1. The maximum atomic E-state index is 13.3. The Hall–Kier alpha value is -2.00. The van der Waals surface area contributed by atoms with E-state index in [1.807, 2.05) is 31.9 Å². The standard InChI is InChI=1S/C19H22ClFN4OS.C7H17N.C2H6/c1-2-25(19(26)24-13-5-8-16(21)15(20)9-13)14-6-3-12(4-7-14)17-11-23-18(10-22)27-17;1-4-6-8(3)7-5-2;1-2/h3,5,8-9,11,14H,2,4,6-7,10,22H2,1H3,(H,24,26);4-7H2,1-3H3;1-2H3. The van der Waals surface area contributed by atoms with Crippen molar-refractivity contribution in [2.45, 2.75) is 79.3 Å². The van der Waals surface area contributed by atoms with Crippen molar-refractivity contribution in [3.8, 4) is 0 Å². The van der Waals surface area contributed by atoms with Crippen molar-refractivity contribution in [1.29, 1.82) is 0 Å². The Labute approximate surface area is 232 Å².